The van der Waals surface area contributed by atoms with Crippen molar-refractivity contribution >= 4 is 34.4 Å². The molecule has 2 aromatic heterocycles. The molecule has 0 fully saturated rings. The number of halogens is 1. The maximum Gasteiger partial charge on any atom is 0.262 e. The van der Waals surface area contributed by atoms with Crippen LogP contribution in [0.15, 0.2) is 40.4 Å². The standard InChI is InChI=1S/C14H10ClN5OS/c1-8(6-16)22-14-18-12-11(13(21)19-14)7-17-20(12)10-4-2-3-9(15)5-10/h2-5,7-8H,1H3,(H,18,19,21). The van der Waals surface area contributed by atoms with E-state index in [-0.39, 0.29) is 10.8 Å². The SMILES string of the molecule is CC(C#N)Sc1nc2c(cnn2-c2cccc(Cl)c2)c(=O)[nH]1. The molecule has 1 N–H and O–H groups in total. The summed E-state index contributed by atoms with van der Waals surface area (Å²) in [4.78, 5) is 19.2. The van der Waals surface area contributed by atoms with Gasteiger partial charge in [-0.2, -0.15) is 10.4 Å². The average Bonchev–Trinajstić information content (AvgIpc) is 2.91. The molecular weight excluding hydrogens is 322 g/mol. The zero-order valence-corrected chi connectivity index (χ0v) is 13.0. The third-order valence-electron chi connectivity index (χ3n) is 2.94. The van der Waals surface area contributed by atoms with Crippen LogP contribution in [0.4, 0.5) is 0 Å². The van der Waals surface area contributed by atoms with E-state index in [1.165, 1.54) is 18.0 Å². The van der Waals surface area contributed by atoms with Crippen LogP contribution >= 0.6 is 23.4 Å². The van der Waals surface area contributed by atoms with Crippen LogP contribution < -0.4 is 5.56 Å². The number of H-pyrrole nitrogens is 1. The van der Waals surface area contributed by atoms with Gasteiger partial charge in [0.05, 0.1) is 23.2 Å². The lowest BCUT2D eigenvalue weighted by atomic mass is 10.3. The zero-order chi connectivity index (χ0) is 15.7. The third kappa shape index (κ3) is 2.71. The average molecular weight is 332 g/mol. The Morgan fingerprint density at radius 2 is 2.32 bits per heavy atom. The second kappa shape index (κ2) is 5.83. The molecule has 0 saturated heterocycles. The first-order valence-corrected chi connectivity index (χ1v) is 7.64. The highest BCUT2D eigenvalue weighted by molar-refractivity contribution is 8.00. The lowest BCUT2D eigenvalue weighted by molar-refractivity contribution is 0.872. The molecule has 0 spiro atoms. The molecule has 6 nitrogen and oxygen atoms in total. The first-order chi connectivity index (χ1) is 10.6. The second-order valence-electron chi connectivity index (χ2n) is 4.53. The van der Waals surface area contributed by atoms with Crippen molar-refractivity contribution in [3.05, 3.63) is 45.8 Å². The normalized spacial score (nSPS) is 12.2. The van der Waals surface area contributed by atoms with Gasteiger partial charge in [0, 0.05) is 5.02 Å². The van der Waals surface area contributed by atoms with Gasteiger partial charge in [-0.15, -0.1) is 0 Å². The molecule has 0 bridgehead atoms. The van der Waals surface area contributed by atoms with Crippen molar-refractivity contribution in [1.82, 2.24) is 19.7 Å². The number of benzene rings is 1. The molecule has 1 unspecified atom stereocenters. The first kappa shape index (κ1) is 14.6. The number of aromatic nitrogens is 4. The molecule has 110 valence electrons. The summed E-state index contributed by atoms with van der Waals surface area (Å²) in [6, 6.07) is 9.21. The Balaban J connectivity index is 2.17. The molecule has 0 aliphatic rings. The van der Waals surface area contributed by atoms with Crippen LogP contribution in [0.5, 0.6) is 0 Å². The Bertz CT molecular complexity index is 942. The highest BCUT2D eigenvalue weighted by atomic mass is 35.5. The van der Waals surface area contributed by atoms with E-state index in [0.29, 0.717) is 26.9 Å². The Morgan fingerprint density at radius 3 is 3.05 bits per heavy atom. The van der Waals surface area contributed by atoms with E-state index in [1.807, 2.05) is 6.07 Å². The van der Waals surface area contributed by atoms with Crippen molar-refractivity contribution < 1.29 is 0 Å². The van der Waals surface area contributed by atoms with Crippen LogP contribution in [0.25, 0.3) is 16.7 Å². The summed E-state index contributed by atoms with van der Waals surface area (Å²) in [6.07, 6.45) is 1.46. The number of nitrogens with zero attached hydrogens (tertiary/aromatic N) is 4. The number of hydrogen-bond donors (Lipinski definition) is 1. The summed E-state index contributed by atoms with van der Waals surface area (Å²) in [5.41, 5.74) is 0.856. The number of thioether (sulfide) groups is 1. The number of nitrogens with one attached hydrogen (secondary N) is 1. The van der Waals surface area contributed by atoms with Crippen LogP contribution in [-0.4, -0.2) is 25.0 Å². The number of nitriles is 1. The van der Waals surface area contributed by atoms with Gasteiger partial charge in [-0.25, -0.2) is 9.67 Å². The van der Waals surface area contributed by atoms with Crippen molar-refractivity contribution in [2.45, 2.75) is 17.3 Å². The Labute approximate surface area is 134 Å². The quantitative estimate of drug-likeness (QED) is 0.589. The molecule has 22 heavy (non-hydrogen) atoms. The van der Waals surface area contributed by atoms with Crippen molar-refractivity contribution in [2.75, 3.05) is 0 Å². The Hall–Kier alpha value is -2.30. The second-order valence-corrected chi connectivity index (χ2v) is 6.30. The minimum Gasteiger partial charge on any atom is -0.301 e. The van der Waals surface area contributed by atoms with Gasteiger partial charge in [-0.1, -0.05) is 29.4 Å². The number of aromatic amines is 1. The maximum atomic E-state index is 12.1. The molecule has 0 aliphatic heterocycles. The lowest BCUT2D eigenvalue weighted by Crippen LogP contribution is -2.10. The van der Waals surface area contributed by atoms with Gasteiger partial charge in [-0.05, 0) is 25.1 Å². The molecule has 0 amide bonds. The molecule has 8 heteroatoms. The van der Waals surface area contributed by atoms with E-state index in [4.69, 9.17) is 16.9 Å². The summed E-state index contributed by atoms with van der Waals surface area (Å²) < 4.78 is 1.55. The van der Waals surface area contributed by atoms with E-state index >= 15 is 0 Å². The van der Waals surface area contributed by atoms with Crippen LogP contribution in [0.3, 0.4) is 0 Å². The van der Waals surface area contributed by atoms with Crippen molar-refractivity contribution in [3.63, 3.8) is 0 Å². The fourth-order valence-corrected chi connectivity index (χ4v) is 2.81. The van der Waals surface area contributed by atoms with E-state index in [0.717, 1.165) is 0 Å². The summed E-state index contributed by atoms with van der Waals surface area (Å²) in [6.45, 7) is 1.74. The molecule has 0 radical (unpaired) electrons. The zero-order valence-electron chi connectivity index (χ0n) is 11.4. The summed E-state index contributed by atoms with van der Waals surface area (Å²) in [5, 5.41) is 14.1. The van der Waals surface area contributed by atoms with E-state index in [9.17, 15) is 4.79 Å². The van der Waals surface area contributed by atoms with E-state index in [2.05, 4.69) is 21.1 Å². The molecule has 3 aromatic rings. The van der Waals surface area contributed by atoms with Crippen molar-refractivity contribution in [1.29, 1.82) is 5.26 Å². The highest BCUT2D eigenvalue weighted by Gasteiger charge is 2.13. The molecular formula is C14H10ClN5OS. The highest BCUT2D eigenvalue weighted by Crippen LogP contribution is 2.21. The minimum atomic E-state index is -0.317. The molecule has 3 rings (SSSR count). The van der Waals surface area contributed by atoms with Crippen LogP contribution in [0.2, 0.25) is 5.02 Å². The number of hydrogen-bond acceptors (Lipinski definition) is 5. The predicted octanol–water partition coefficient (Wildman–Crippen LogP) is 2.77. The van der Waals surface area contributed by atoms with Crippen LogP contribution in [0, 0.1) is 11.3 Å². The summed E-state index contributed by atoms with van der Waals surface area (Å²) in [7, 11) is 0. The molecule has 2 heterocycles. The van der Waals surface area contributed by atoms with Gasteiger partial charge in [0.1, 0.15) is 5.39 Å². The fourth-order valence-electron chi connectivity index (χ4n) is 1.94. The monoisotopic (exact) mass is 331 g/mol. The smallest absolute Gasteiger partial charge is 0.262 e. The molecule has 1 atom stereocenters. The van der Waals surface area contributed by atoms with E-state index in [1.54, 1.807) is 29.8 Å². The summed E-state index contributed by atoms with van der Waals surface area (Å²) in [5.74, 6) is 0. The number of rotatable bonds is 3. The van der Waals surface area contributed by atoms with Crippen LogP contribution in [0.1, 0.15) is 6.92 Å². The fraction of sp³-hybridized carbons (Fsp3) is 0.143. The van der Waals surface area contributed by atoms with Gasteiger partial charge in [-0.3, -0.25) is 4.79 Å². The molecule has 1 aromatic carbocycles. The topological polar surface area (TPSA) is 87.4 Å². The van der Waals surface area contributed by atoms with Gasteiger partial charge in [0.2, 0.25) is 0 Å². The maximum absolute atomic E-state index is 12.1. The summed E-state index contributed by atoms with van der Waals surface area (Å²) >= 11 is 7.18. The number of fused-ring (bicyclic) bond motifs is 1. The Kier molecular flexibility index (Phi) is 3.88. The molecule has 0 saturated carbocycles. The van der Waals surface area contributed by atoms with Gasteiger partial charge in [0.25, 0.3) is 5.56 Å². The van der Waals surface area contributed by atoms with Gasteiger partial charge in [0.15, 0.2) is 10.8 Å². The van der Waals surface area contributed by atoms with E-state index < -0.39 is 0 Å². The van der Waals surface area contributed by atoms with Crippen molar-refractivity contribution in [3.8, 4) is 11.8 Å². The molecule has 0 aliphatic carbocycles. The van der Waals surface area contributed by atoms with Gasteiger partial charge >= 0.3 is 0 Å². The first-order valence-electron chi connectivity index (χ1n) is 6.39. The Morgan fingerprint density at radius 1 is 1.50 bits per heavy atom. The lowest BCUT2D eigenvalue weighted by Gasteiger charge is -2.05. The largest absolute Gasteiger partial charge is 0.301 e. The van der Waals surface area contributed by atoms with Crippen LogP contribution in [-0.2, 0) is 0 Å². The van der Waals surface area contributed by atoms with Crippen molar-refractivity contribution in [2.24, 2.45) is 0 Å². The third-order valence-corrected chi connectivity index (χ3v) is 4.05. The minimum absolute atomic E-state index is 0.286. The van der Waals surface area contributed by atoms with Gasteiger partial charge < -0.3 is 4.98 Å². The predicted molar refractivity (Wildman–Crippen MR) is 85.4 cm³/mol.